The molecule has 0 radical (unpaired) electrons. The molecule has 0 unspecified atom stereocenters. The topological polar surface area (TPSA) is 72.3 Å². The largest absolute Gasteiger partial charge is 0.383 e. The van der Waals surface area contributed by atoms with Crippen LogP contribution in [0.1, 0.15) is 11.3 Å². The standard InChI is InChI=1S/C24H21FN6S/c1-30(2)18-9-7-15(8-10-18)11-21-22(32-25)23(26)31-24(29-21)19(14-28-31)17-12-16-5-3-4-6-20(16)27-13-17/h3-10,12-14H,11,26H2,1-2H3. The van der Waals surface area contributed by atoms with E-state index in [1.807, 2.05) is 67.5 Å². The number of halogens is 1. The first-order valence-corrected chi connectivity index (χ1v) is 10.8. The van der Waals surface area contributed by atoms with E-state index in [-0.39, 0.29) is 18.0 Å². The average molecular weight is 445 g/mol. The van der Waals surface area contributed by atoms with E-state index in [4.69, 9.17) is 10.7 Å². The van der Waals surface area contributed by atoms with Gasteiger partial charge in [-0.15, -0.1) is 0 Å². The van der Waals surface area contributed by atoms with Gasteiger partial charge in [-0.1, -0.05) is 30.3 Å². The summed E-state index contributed by atoms with van der Waals surface area (Å²) in [4.78, 5) is 11.7. The lowest BCUT2D eigenvalue weighted by Crippen LogP contribution is -2.09. The summed E-state index contributed by atoms with van der Waals surface area (Å²) < 4.78 is 15.4. The van der Waals surface area contributed by atoms with Crippen molar-refractivity contribution < 1.29 is 3.89 Å². The number of nitrogens with zero attached hydrogens (tertiary/aromatic N) is 5. The Morgan fingerprint density at radius 1 is 1.06 bits per heavy atom. The maximum absolute atomic E-state index is 13.9. The maximum Gasteiger partial charge on any atom is 0.165 e. The molecule has 0 bridgehead atoms. The Balaban J connectivity index is 1.61. The van der Waals surface area contributed by atoms with Crippen LogP contribution in [-0.4, -0.2) is 33.7 Å². The molecule has 6 nitrogen and oxygen atoms in total. The molecule has 0 atom stereocenters. The Hall–Kier alpha value is -3.65. The number of nitrogen functional groups attached to an aromatic ring is 1. The SMILES string of the molecule is CN(C)c1ccc(Cc2nc3c(-c4cnc5ccccc5c4)cnn3c(N)c2SF)cc1. The number of para-hydroxylation sites is 1. The molecule has 5 rings (SSSR count). The molecular formula is C24H21FN6S. The quantitative estimate of drug-likeness (QED) is 0.404. The molecule has 160 valence electrons. The van der Waals surface area contributed by atoms with E-state index in [1.165, 1.54) is 4.52 Å². The zero-order valence-corrected chi connectivity index (χ0v) is 18.5. The van der Waals surface area contributed by atoms with Crippen LogP contribution in [0.3, 0.4) is 0 Å². The van der Waals surface area contributed by atoms with Gasteiger partial charge < -0.3 is 10.6 Å². The van der Waals surface area contributed by atoms with Crippen molar-refractivity contribution in [1.29, 1.82) is 0 Å². The number of anilines is 2. The van der Waals surface area contributed by atoms with Crippen molar-refractivity contribution in [3.63, 3.8) is 0 Å². The first-order chi connectivity index (χ1) is 15.5. The molecule has 0 fully saturated rings. The maximum atomic E-state index is 13.9. The van der Waals surface area contributed by atoms with Gasteiger partial charge in [0.25, 0.3) is 0 Å². The molecule has 2 aromatic carbocycles. The zero-order valence-electron chi connectivity index (χ0n) is 17.7. The van der Waals surface area contributed by atoms with E-state index >= 15 is 0 Å². The van der Waals surface area contributed by atoms with E-state index in [0.29, 0.717) is 22.7 Å². The van der Waals surface area contributed by atoms with E-state index in [2.05, 4.69) is 16.1 Å². The van der Waals surface area contributed by atoms with Gasteiger partial charge in [0.15, 0.2) is 5.65 Å². The van der Waals surface area contributed by atoms with Crippen molar-refractivity contribution in [2.75, 3.05) is 24.7 Å². The fourth-order valence-electron chi connectivity index (χ4n) is 3.78. The first kappa shape index (κ1) is 20.3. The van der Waals surface area contributed by atoms with Crippen LogP contribution in [0.4, 0.5) is 15.4 Å². The molecule has 5 aromatic rings. The second-order valence-electron chi connectivity index (χ2n) is 7.80. The van der Waals surface area contributed by atoms with Crippen molar-refractivity contribution in [1.82, 2.24) is 19.6 Å². The molecule has 32 heavy (non-hydrogen) atoms. The van der Waals surface area contributed by atoms with E-state index in [0.717, 1.165) is 33.3 Å². The van der Waals surface area contributed by atoms with Crippen LogP contribution in [0.25, 0.3) is 27.7 Å². The van der Waals surface area contributed by atoms with Crippen LogP contribution >= 0.6 is 12.1 Å². The number of benzene rings is 2. The predicted octanol–water partition coefficient (Wildman–Crippen LogP) is 5.16. The lowest BCUT2D eigenvalue weighted by molar-refractivity contribution is 0.873. The van der Waals surface area contributed by atoms with Crippen molar-refractivity contribution in [2.24, 2.45) is 0 Å². The number of pyridine rings is 1. The highest BCUT2D eigenvalue weighted by Crippen LogP contribution is 2.34. The van der Waals surface area contributed by atoms with Crippen LogP contribution in [0.15, 0.2) is 71.9 Å². The Kier molecular flexibility index (Phi) is 5.14. The Morgan fingerprint density at radius 3 is 2.59 bits per heavy atom. The number of fused-ring (bicyclic) bond motifs is 2. The zero-order chi connectivity index (χ0) is 22.2. The fraction of sp³-hybridized carbons (Fsp3) is 0.125. The van der Waals surface area contributed by atoms with Gasteiger partial charge in [0.1, 0.15) is 10.7 Å². The van der Waals surface area contributed by atoms with Gasteiger partial charge >= 0.3 is 0 Å². The van der Waals surface area contributed by atoms with Gasteiger partial charge in [0.05, 0.1) is 29.6 Å². The van der Waals surface area contributed by atoms with Gasteiger partial charge in [-0.2, -0.15) is 13.5 Å². The number of rotatable bonds is 5. The number of hydrogen-bond donors (Lipinski definition) is 1. The third kappa shape index (κ3) is 3.52. The molecule has 0 spiro atoms. The second kappa shape index (κ2) is 8.12. The summed E-state index contributed by atoms with van der Waals surface area (Å²) in [6.07, 6.45) is 3.96. The molecule has 0 aliphatic rings. The third-order valence-corrected chi connectivity index (χ3v) is 6.11. The summed E-state index contributed by atoms with van der Waals surface area (Å²) in [6.45, 7) is 0. The van der Waals surface area contributed by atoms with E-state index < -0.39 is 0 Å². The predicted molar refractivity (Wildman–Crippen MR) is 129 cm³/mol. The number of nitrogens with two attached hydrogens (primary N) is 1. The minimum absolute atomic E-state index is 0.102. The van der Waals surface area contributed by atoms with Crippen LogP contribution in [0.2, 0.25) is 0 Å². The van der Waals surface area contributed by atoms with Crippen LogP contribution < -0.4 is 10.6 Å². The van der Waals surface area contributed by atoms with Gasteiger partial charge in [-0.3, -0.25) is 4.98 Å². The van der Waals surface area contributed by atoms with Crippen molar-refractivity contribution in [3.05, 3.63) is 78.2 Å². The van der Waals surface area contributed by atoms with Gasteiger partial charge in [-0.25, -0.2) is 4.98 Å². The van der Waals surface area contributed by atoms with Gasteiger partial charge in [-0.05, 0) is 29.8 Å². The van der Waals surface area contributed by atoms with Crippen LogP contribution in [0.5, 0.6) is 0 Å². The highest BCUT2D eigenvalue weighted by Gasteiger charge is 2.19. The summed E-state index contributed by atoms with van der Waals surface area (Å²) in [7, 11) is 3.98. The van der Waals surface area contributed by atoms with Gasteiger partial charge in [0, 0.05) is 48.9 Å². The highest BCUT2D eigenvalue weighted by molar-refractivity contribution is 7.94. The third-order valence-electron chi connectivity index (χ3n) is 5.51. The number of hydrogen-bond acceptors (Lipinski definition) is 6. The molecule has 0 saturated carbocycles. The molecule has 2 N–H and O–H groups in total. The molecule has 3 heterocycles. The molecule has 3 aromatic heterocycles. The Morgan fingerprint density at radius 2 is 1.84 bits per heavy atom. The smallest absolute Gasteiger partial charge is 0.165 e. The van der Waals surface area contributed by atoms with Crippen molar-refractivity contribution in [2.45, 2.75) is 11.3 Å². The van der Waals surface area contributed by atoms with E-state index in [9.17, 15) is 3.89 Å². The summed E-state index contributed by atoms with van der Waals surface area (Å²) in [5.74, 6) is 0.238. The monoisotopic (exact) mass is 444 g/mol. The summed E-state index contributed by atoms with van der Waals surface area (Å²) in [6, 6.07) is 18.1. The Labute approximate surface area is 189 Å². The fourth-order valence-corrected chi connectivity index (χ4v) is 4.15. The lowest BCUT2D eigenvalue weighted by atomic mass is 10.1. The second-order valence-corrected chi connectivity index (χ2v) is 8.36. The van der Waals surface area contributed by atoms with Crippen molar-refractivity contribution in [3.8, 4) is 11.1 Å². The molecule has 0 amide bonds. The number of aromatic nitrogens is 4. The molecule has 0 saturated heterocycles. The van der Waals surface area contributed by atoms with Crippen LogP contribution in [0, 0.1) is 0 Å². The van der Waals surface area contributed by atoms with E-state index in [1.54, 1.807) is 12.4 Å². The summed E-state index contributed by atoms with van der Waals surface area (Å²) in [5, 5.41) is 5.40. The highest BCUT2D eigenvalue weighted by atomic mass is 32.2. The minimum Gasteiger partial charge on any atom is -0.383 e. The van der Waals surface area contributed by atoms with Crippen molar-refractivity contribution >= 4 is 40.2 Å². The summed E-state index contributed by atoms with van der Waals surface area (Å²) >= 11 is 0.102. The molecule has 0 aliphatic carbocycles. The van der Waals surface area contributed by atoms with Gasteiger partial charge in [0.2, 0.25) is 0 Å². The molecule has 0 aliphatic heterocycles. The van der Waals surface area contributed by atoms with Crippen LogP contribution in [-0.2, 0) is 6.42 Å². The summed E-state index contributed by atoms with van der Waals surface area (Å²) in [5.41, 5.74) is 12.2. The lowest BCUT2D eigenvalue weighted by Gasteiger charge is -2.14. The molecular weight excluding hydrogens is 423 g/mol. The molecule has 8 heteroatoms. The minimum atomic E-state index is 0.102. The first-order valence-electron chi connectivity index (χ1n) is 10.1. The normalized spacial score (nSPS) is 11.3. The average Bonchev–Trinajstić information content (AvgIpc) is 3.23. The Bertz CT molecular complexity index is 1430.